The molecule has 1 saturated carbocycles. The van der Waals surface area contributed by atoms with Crippen LogP contribution in [0.5, 0.6) is 0 Å². The van der Waals surface area contributed by atoms with Crippen LogP contribution in [-0.2, 0) is 10.2 Å². The Hall–Kier alpha value is -0.130. The Balaban J connectivity index is 2.39. The molecule has 0 heterocycles. The molecule has 0 bridgehead atoms. The Morgan fingerprint density at radius 3 is 2.25 bits per heavy atom. The molecule has 0 saturated heterocycles. The molecule has 1 rings (SSSR count). The van der Waals surface area contributed by atoms with Gasteiger partial charge in [0, 0.05) is 7.05 Å². The van der Waals surface area contributed by atoms with Crippen LogP contribution < -0.4 is 9.44 Å². The van der Waals surface area contributed by atoms with Crippen molar-refractivity contribution in [1.82, 2.24) is 9.44 Å². The Morgan fingerprint density at radius 2 is 1.75 bits per heavy atom. The zero-order valence-electron chi connectivity index (χ0n) is 7.26. The second-order valence-corrected chi connectivity index (χ2v) is 4.59. The van der Waals surface area contributed by atoms with Crippen LogP contribution >= 0.6 is 0 Å². The molecule has 0 aromatic carbocycles. The minimum Gasteiger partial charge on any atom is -0.205 e. The average molecular weight is 191 g/mol. The largest absolute Gasteiger partial charge is 0.277 e. The highest BCUT2D eigenvalue weighted by Crippen LogP contribution is 2.23. The van der Waals surface area contributed by atoms with Gasteiger partial charge in [-0.1, -0.05) is 19.3 Å². The van der Waals surface area contributed by atoms with Crippen LogP contribution in [0.25, 0.3) is 0 Å². The van der Waals surface area contributed by atoms with E-state index >= 15 is 0 Å². The van der Waals surface area contributed by atoms with Crippen molar-refractivity contribution >= 4 is 10.2 Å². The maximum atomic E-state index is 11.0. The van der Waals surface area contributed by atoms with Crippen molar-refractivity contribution in [2.75, 3.05) is 7.05 Å². The number of rotatable bonds is 3. The SMILES string of the molecule is CNS(=O)(=O)N[C]1CCCCC1. The van der Waals surface area contributed by atoms with Crippen molar-refractivity contribution in [3.8, 4) is 0 Å². The molecule has 5 heteroatoms. The summed E-state index contributed by atoms with van der Waals surface area (Å²) < 4.78 is 26.8. The average Bonchev–Trinajstić information content (AvgIpc) is 2.06. The first-order valence-corrected chi connectivity index (χ1v) is 5.68. The summed E-state index contributed by atoms with van der Waals surface area (Å²) in [5.74, 6) is 0. The van der Waals surface area contributed by atoms with E-state index in [0.717, 1.165) is 31.7 Å². The third kappa shape index (κ3) is 3.08. The second kappa shape index (κ2) is 4.20. The van der Waals surface area contributed by atoms with Crippen LogP contribution in [0.3, 0.4) is 0 Å². The molecule has 4 nitrogen and oxygen atoms in total. The van der Waals surface area contributed by atoms with Gasteiger partial charge in [-0.3, -0.25) is 0 Å². The van der Waals surface area contributed by atoms with Crippen LogP contribution in [0.2, 0.25) is 0 Å². The smallest absolute Gasteiger partial charge is 0.205 e. The molecule has 1 radical (unpaired) electrons. The lowest BCUT2D eigenvalue weighted by Crippen LogP contribution is -2.37. The van der Waals surface area contributed by atoms with Gasteiger partial charge >= 0.3 is 0 Å². The summed E-state index contributed by atoms with van der Waals surface area (Å²) in [6, 6.07) is 0.940. The number of nitrogens with one attached hydrogen (secondary N) is 2. The van der Waals surface area contributed by atoms with Gasteiger partial charge in [0.2, 0.25) is 0 Å². The number of hydrogen-bond donors (Lipinski definition) is 2. The Morgan fingerprint density at radius 1 is 1.17 bits per heavy atom. The van der Waals surface area contributed by atoms with Crippen LogP contribution in [0.1, 0.15) is 32.1 Å². The van der Waals surface area contributed by atoms with Gasteiger partial charge in [-0.2, -0.15) is 13.1 Å². The molecular formula is C7H15N2O2S. The predicted molar refractivity (Wildman–Crippen MR) is 47.4 cm³/mol. The first-order valence-electron chi connectivity index (χ1n) is 4.20. The zero-order valence-corrected chi connectivity index (χ0v) is 8.08. The van der Waals surface area contributed by atoms with Crippen molar-refractivity contribution < 1.29 is 8.42 Å². The van der Waals surface area contributed by atoms with E-state index in [9.17, 15) is 8.42 Å². The maximum Gasteiger partial charge on any atom is 0.277 e. The third-order valence-electron chi connectivity index (χ3n) is 2.00. The summed E-state index contributed by atoms with van der Waals surface area (Å²) in [5.41, 5.74) is 0. The molecule has 0 unspecified atom stereocenters. The molecule has 12 heavy (non-hydrogen) atoms. The van der Waals surface area contributed by atoms with Gasteiger partial charge in [0.05, 0.1) is 6.04 Å². The molecule has 1 aliphatic rings. The van der Waals surface area contributed by atoms with Crippen LogP contribution in [0.15, 0.2) is 0 Å². The van der Waals surface area contributed by atoms with E-state index in [2.05, 4.69) is 9.44 Å². The summed E-state index contributed by atoms with van der Waals surface area (Å²) in [7, 11) is -1.85. The third-order valence-corrected chi connectivity index (χ3v) is 3.10. The van der Waals surface area contributed by atoms with Gasteiger partial charge < -0.3 is 0 Å². The molecule has 0 spiro atoms. The normalized spacial score (nSPS) is 21.1. The summed E-state index contributed by atoms with van der Waals surface area (Å²) in [6.07, 6.45) is 5.19. The van der Waals surface area contributed by atoms with Gasteiger partial charge in [0.1, 0.15) is 0 Å². The van der Waals surface area contributed by atoms with E-state index in [1.807, 2.05) is 0 Å². The molecule has 0 aromatic heterocycles. The Kier molecular flexibility index (Phi) is 3.49. The van der Waals surface area contributed by atoms with Gasteiger partial charge in [-0.15, -0.1) is 0 Å². The van der Waals surface area contributed by atoms with E-state index in [-0.39, 0.29) is 0 Å². The minimum atomic E-state index is -3.26. The molecule has 2 N–H and O–H groups in total. The second-order valence-electron chi connectivity index (χ2n) is 2.97. The maximum absolute atomic E-state index is 11.0. The fourth-order valence-corrected chi connectivity index (χ4v) is 2.01. The van der Waals surface area contributed by atoms with Crippen molar-refractivity contribution in [2.24, 2.45) is 0 Å². The van der Waals surface area contributed by atoms with Gasteiger partial charge in [0.15, 0.2) is 0 Å². The van der Waals surface area contributed by atoms with Gasteiger partial charge in [0.25, 0.3) is 10.2 Å². The molecular weight excluding hydrogens is 176 g/mol. The van der Waals surface area contributed by atoms with Crippen molar-refractivity contribution in [2.45, 2.75) is 32.1 Å². The van der Waals surface area contributed by atoms with Gasteiger partial charge in [-0.25, -0.2) is 4.72 Å². The topological polar surface area (TPSA) is 58.2 Å². The molecule has 0 amide bonds. The molecule has 0 aliphatic heterocycles. The van der Waals surface area contributed by atoms with Gasteiger partial charge in [-0.05, 0) is 12.8 Å². The Labute approximate surface area is 73.9 Å². The minimum absolute atomic E-state index is 0.890. The van der Waals surface area contributed by atoms with E-state index in [4.69, 9.17) is 0 Å². The van der Waals surface area contributed by atoms with Crippen LogP contribution in [0, 0.1) is 6.04 Å². The summed E-state index contributed by atoms with van der Waals surface area (Å²) in [4.78, 5) is 0. The first kappa shape index (κ1) is 9.95. The highest BCUT2D eigenvalue weighted by atomic mass is 32.2. The Bertz CT molecular complexity index is 220. The van der Waals surface area contributed by atoms with E-state index in [0.29, 0.717) is 0 Å². The van der Waals surface area contributed by atoms with E-state index in [1.165, 1.54) is 13.5 Å². The fraction of sp³-hybridized carbons (Fsp3) is 0.857. The first-order chi connectivity index (χ1) is 5.64. The summed E-state index contributed by atoms with van der Waals surface area (Å²) in [5, 5.41) is 0. The molecule has 0 atom stereocenters. The molecule has 1 aliphatic carbocycles. The lowest BCUT2D eigenvalue weighted by atomic mass is 9.96. The molecule has 0 aromatic rings. The highest BCUT2D eigenvalue weighted by molar-refractivity contribution is 7.87. The molecule has 1 fully saturated rings. The summed E-state index contributed by atoms with van der Waals surface area (Å²) >= 11 is 0. The monoisotopic (exact) mass is 191 g/mol. The standard InChI is InChI=1S/C7H15N2O2S/c1-8-12(10,11)9-7-5-3-2-4-6-7/h8-9H,2-6H2,1H3. The lowest BCUT2D eigenvalue weighted by molar-refractivity contribution is 0.497. The van der Waals surface area contributed by atoms with Crippen LogP contribution in [0.4, 0.5) is 0 Å². The van der Waals surface area contributed by atoms with Crippen molar-refractivity contribution in [1.29, 1.82) is 0 Å². The van der Waals surface area contributed by atoms with Crippen molar-refractivity contribution in [3.05, 3.63) is 6.04 Å². The number of hydrogen-bond acceptors (Lipinski definition) is 2. The van der Waals surface area contributed by atoms with Crippen LogP contribution in [-0.4, -0.2) is 15.5 Å². The van der Waals surface area contributed by atoms with E-state index in [1.54, 1.807) is 0 Å². The zero-order chi connectivity index (χ0) is 9.03. The van der Waals surface area contributed by atoms with E-state index < -0.39 is 10.2 Å². The highest BCUT2D eigenvalue weighted by Gasteiger charge is 2.18. The van der Waals surface area contributed by atoms with Crippen molar-refractivity contribution in [3.63, 3.8) is 0 Å². The molecule has 71 valence electrons. The fourth-order valence-electron chi connectivity index (χ4n) is 1.32. The predicted octanol–water partition coefficient (Wildman–Crippen LogP) is 0.536. The lowest BCUT2D eigenvalue weighted by Gasteiger charge is -2.21. The quantitative estimate of drug-likeness (QED) is 0.684. The summed E-state index contributed by atoms with van der Waals surface area (Å²) in [6.45, 7) is 0.